The lowest BCUT2D eigenvalue weighted by Crippen LogP contribution is -2.42. The maximum Gasteiger partial charge on any atom is 0.251 e. The molecule has 2 atom stereocenters. The largest absolute Gasteiger partial charge is 0.357 e. The minimum Gasteiger partial charge on any atom is -0.357 e. The van der Waals surface area contributed by atoms with Gasteiger partial charge in [-0.25, -0.2) is 0 Å². The summed E-state index contributed by atoms with van der Waals surface area (Å²) in [5.74, 6) is 2.05. The molecule has 2 rings (SSSR count). The van der Waals surface area contributed by atoms with E-state index >= 15 is 0 Å². The summed E-state index contributed by atoms with van der Waals surface area (Å²) in [5, 5.41) is 10.4. The van der Waals surface area contributed by atoms with Crippen LogP contribution in [-0.4, -0.2) is 49.0 Å². The average Bonchev–Trinajstić information content (AvgIpc) is 3.09. The minimum atomic E-state index is -0.0499. The first-order chi connectivity index (χ1) is 12.7. The molecule has 0 spiro atoms. The van der Waals surface area contributed by atoms with E-state index in [2.05, 4.69) is 41.6 Å². The Hall–Kier alpha value is -1.69. The fraction of sp³-hybridized carbons (Fsp3) is 0.600. The van der Waals surface area contributed by atoms with Crippen molar-refractivity contribution >= 4 is 23.6 Å². The minimum absolute atomic E-state index is 0.0499. The van der Waals surface area contributed by atoms with Crippen molar-refractivity contribution < 1.29 is 4.79 Å². The molecular weight excluding hydrogens is 344 g/mol. The Morgan fingerprint density at radius 2 is 2.15 bits per heavy atom. The van der Waals surface area contributed by atoms with Crippen molar-refractivity contribution in [2.24, 2.45) is 4.99 Å². The van der Waals surface area contributed by atoms with Crippen LogP contribution in [0.15, 0.2) is 29.3 Å². The normalized spacial score (nSPS) is 20.0. The summed E-state index contributed by atoms with van der Waals surface area (Å²) in [7, 11) is 1.65. The van der Waals surface area contributed by atoms with Crippen LogP contribution in [0.3, 0.4) is 0 Å². The monoisotopic (exact) mass is 376 g/mol. The van der Waals surface area contributed by atoms with E-state index in [-0.39, 0.29) is 5.91 Å². The summed E-state index contributed by atoms with van der Waals surface area (Å²) < 4.78 is 0. The predicted octanol–water partition coefficient (Wildman–Crippen LogP) is 2.82. The first-order valence-electron chi connectivity index (χ1n) is 9.63. The molecule has 0 heterocycles. The summed E-state index contributed by atoms with van der Waals surface area (Å²) >= 11 is 2.07. The molecule has 1 fully saturated rings. The van der Waals surface area contributed by atoms with Crippen molar-refractivity contribution in [1.82, 2.24) is 16.0 Å². The highest BCUT2D eigenvalue weighted by atomic mass is 32.2. The number of carbonyl (C=O) groups excluding carboxylic acids is 1. The SMILES string of the molecule is CCNC(=NCCc1cccc(C(=O)NC)c1)NC1CCC(SCC)C1. The van der Waals surface area contributed by atoms with Gasteiger partial charge in [0, 0.05) is 37.0 Å². The summed E-state index contributed by atoms with van der Waals surface area (Å²) in [4.78, 5) is 16.5. The number of hydrogen-bond donors (Lipinski definition) is 3. The van der Waals surface area contributed by atoms with Gasteiger partial charge in [0.15, 0.2) is 5.96 Å². The third kappa shape index (κ3) is 6.56. The number of aliphatic imine (C=N–C) groups is 1. The van der Waals surface area contributed by atoms with E-state index < -0.39 is 0 Å². The van der Waals surface area contributed by atoms with Crippen molar-refractivity contribution in [3.63, 3.8) is 0 Å². The van der Waals surface area contributed by atoms with Crippen molar-refractivity contribution in [3.8, 4) is 0 Å². The van der Waals surface area contributed by atoms with E-state index in [0.29, 0.717) is 18.2 Å². The molecule has 0 aromatic heterocycles. The zero-order chi connectivity index (χ0) is 18.8. The number of nitrogens with one attached hydrogen (secondary N) is 3. The van der Waals surface area contributed by atoms with Gasteiger partial charge in [0.1, 0.15) is 0 Å². The van der Waals surface area contributed by atoms with Gasteiger partial charge >= 0.3 is 0 Å². The molecule has 1 aliphatic carbocycles. The Balaban J connectivity index is 1.88. The molecule has 5 nitrogen and oxygen atoms in total. The van der Waals surface area contributed by atoms with Crippen LogP contribution in [0.5, 0.6) is 0 Å². The van der Waals surface area contributed by atoms with Crippen LogP contribution >= 0.6 is 11.8 Å². The van der Waals surface area contributed by atoms with Gasteiger partial charge in [-0.1, -0.05) is 19.1 Å². The zero-order valence-electron chi connectivity index (χ0n) is 16.2. The highest BCUT2D eigenvalue weighted by Crippen LogP contribution is 2.29. The maximum absolute atomic E-state index is 11.7. The second kappa shape index (κ2) is 11.1. The zero-order valence-corrected chi connectivity index (χ0v) is 17.0. The molecule has 0 aliphatic heterocycles. The number of carbonyl (C=O) groups is 1. The van der Waals surface area contributed by atoms with E-state index in [0.717, 1.165) is 29.7 Å². The number of hydrogen-bond acceptors (Lipinski definition) is 3. The molecule has 0 bridgehead atoms. The molecule has 0 radical (unpaired) electrons. The van der Waals surface area contributed by atoms with Crippen LogP contribution in [0.25, 0.3) is 0 Å². The average molecular weight is 377 g/mol. The highest BCUT2D eigenvalue weighted by Gasteiger charge is 2.25. The molecule has 2 unspecified atom stereocenters. The molecule has 26 heavy (non-hydrogen) atoms. The van der Waals surface area contributed by atoms with E-state index in [1.165, 1.54) is 25.0 Å². The number of benzene rings is 1. The molecule has 1 aliphatic rings. The molecule has 3 N–H and O–H groups in total. The highest BCUT2D eigenvalue weighted by molar-refractivity contribution is 7.99. The molecule has 1 aromatic carbocycles. The van der Waals surface area contributed by atoms with Crippen molar-refractivity contribution in [2.75, 3.05) is 25.9 Å². The number of amides is 1. The van der Waals surface area contributed by atoms with Gasteiger partial charge in [-0.05, 0) is 56.1 Å². The van der Waals surface area contributed by atoms with E-state index in [1.807, 2.05) is 24.3 Å². The van der Waals surface area contributed by atoms with Gasteiger partial charge in [0.05, 0.1) is 0 Å². The summed E-state index contributed by atoms with van der Waals surface area (Å²) in [6.45, 7) is 5.88. The molecule has 144 valence electrons. The Bertz CT molecular complexity index is 605. The molecule has 1 amide bonds. The van der Waals surface area contributed by atoms with Crippen molar-refractivity contribution in [3.05, 3.63) is 35.4 Å². The summed E-state index contributed by atoms with van der Waals surface area (Å²) in [5.41, 5.74) is 1.83. The van der Waals surface area contributed by atoms with Crippen molar-refractivity contribution in [2.45, 2.75) is 50.8 Å². The van der Waals surface area contributed by atoms with Gasteiger partial charge < -0.3 is 16.0 Å². The molecule has 0 saturated heterocycles. The topological polar surface area (TPSA) is 65.5 Å². The fourth-order valence-corrected chi connectivity index (χ4v) is 4.42. The van der Waals surface area contributed by atoms with Crippen LogP contribution in [-0.2, 0) is 6.42 Å². The van der Waals surface area contributed by atoms with Crippen LogP contribution in [0.1, 0.15) is 49.0 Å². The standard InChI is InChI=1S/C20H32N4OS/c1-4-22-20(24-17-9-10-18(14-17)26-5-2)23-12-11-15-7-6-8-16(13-15)19(25)21-3/h6-8,13,17-18H,4-5,9-12,14H2,1-3H3,(H,21,25)(H2,22,23,24). The van der Waals surface area contributed by atoms with Crippen molar-refractivity contribution in [1.29, 1.82) is 0 Å². The lowest BCUT2D eigenvalue weighted by atomic mass is 10.1. The predicted molar refractivity (Wildman–Crippen MR) is 112 cm³/mol. The molecule has 1 saturated carbocycles. The van der Waals surface area contributed by atoms with Gasteiger partial charge in [0.25, 0.3) is 5.91 Å². The van der Waals surface area contributed by atoms with E-state index in [1.54, 1.807) is 7.05 Å². The fourth-order valence-electron chi connectivity index (χ4n) is 3.28. The first-order valence-corrected chi connectivity index (χ1v) is 10.7. The second-order valence-corrected chi connectivity index (χ2v) is 8.10. The third-order valence-corrected chi connectivity index (χ3v) is 5.79. The molecule has 1 aromatic rings. The van der Waals surface area contributed by atoms with E-state index in [9.17, 15) is 4.79 Å². The Labute approximate surface area is 161 Å². The van der Waals surface area contributed by atoms with Gasteiger partial charge in [-0.15, -0.1) is 0 Å². The smallest absolute Gasteiger partial charge is 0.251 e. The lowest BCUT2D eigenvalue weighted by Gasteiger charge is -2.17. The number of guanidine groups is 1. The Morgan fingerprint density at radius 1 is 1.31 bits per heavy atom. The third-order valence-electron chi connectivity index (χ3n) is 4.56. The lowest BCUT2D eigenvalue weighted by molar-refractivity contribution is 0.0963. The second-order valence-electron chi connectivity index (χ2n) is 6.52. The molecular formula is C20H32N4OS. The summed E-state index contributed by atoms with van der Waals surface area (Å²) in [6.07, 6.45) is 4.55. The summed E-state index contributed by atoms with van der Waals surface area (Å²) in [6, 6.07) is 8.27. The quantitative estimate of drug-likeness (QED) is 0.482. The van der Waals surface area contributed by atoms with E-state index in [4.69, 9.17) is 4.99 Å². The molecule has 6 heteroatoms. The maximum atomic E-state index is 11.7. The van der Waals surface area contributed by atoms with Gasteiger partial charge in [0.2, 0.25) is 0 Å². The van der Waals surface area contributed by atoms with Gasteiger partial charge in [-0.2, -0.15) is 11.8 Å². The first kappa shape index (κ1) is 20.6. The number of rotatable bonds is 8. The number of nitrogens with zero attached hydrogens (tertiary/aromatic N) is 1. The van der Waals surface area contributed by atoms with Crippen LogP contribution in [0.4, 0.5) is 0 Å². The Kier molecular flexibility index (Phi) is 8.81. The van der Waals surface area contributed by atoms with Crippen LogP contribution in [0.2, 0.25) is 0 Å². The van der Waals surface area contributed by atoms with Crippen LogP contribution in [0, 0.1) is 0 Å². The van der Waals surface area contributed by atoms with Crippen LogP contribution < -0.4 is 16.0 Å². The number of thioether (sulfide) groups is 1. The Morgan fingerprint density at radius 3 is 2.88 bits per heavy atom. The van der Waals surface area contributed by atoms with Gasteiger partial charge in [-0.3, -0.25) is 9.79 Å².